The van der Waals surface area contributed by atoms with Gasteiger partial charge >= 0.3 is 0 Å². The molecule has 1 aliphatic heterocycles. The molecular weight excluding hydrogens is 397 g/mol. The number of amides is 1. The quantitative estimate of drug-likeness (QED) is 0.618. The summed E-state index contributed by atoms with van der Waals surface area (Å²) in [6.45, 7) is 1.11. The first-order chi connectivity index (χ1) is 12.4. The van der Waals surface area contributed by atoms with E-state index in [9.17, 15) is 13.2 Å². The number of rotatable bonds is 6. The molecule has 0 bridgehead atoms. The zero-order chi connectivity index (χ0) is 18.7. The highest BCUT2D eigenvalue weighted by Crippen LogP contribution is 2.35. The van der Waals surface area contributed by atoms with Gasteiger partial charge in [-0.15, -0.1) is 0 Å². The summed E-state index contributed by atoms with van der Waals surface area (Å²) in [6.07, 6.45) is 4.24. The molecule has 1 aliphatic carbocycles. The van der Waals surface area contributed by atoms with E-state index in [4.69, 9.17) is 23.2 Å². The van der Waals surface area contributed by atoms with Gasteiger partial charge in [-0.2, -0.15) is 4.72 Å². The number of benzene rings is 1. The van der Waals surface area contributed by atoms with Crippen LogP contribution in [0.3, 0.4) is 0 Å². The summed E-state index contributed by atoms with van der Waals surface area (Å²) in [4.78, 5) is 12.1. The number of nitrogens with one attached hydrogen (secondary N) is 3. The molecule has 3 rings (SSSR count). The second-order valence-corrected chi connectivity index (χ2v) is 9.57. The summed E-state index contributed by atoms with van der Waals surface area (Å²) in [5.74, 6) is -0.0722. The largest absolute Gasteiger partial charge is 0.352 e. The molecule has 26 heavy (non-hydrogen) atoms. The van der Waals surface area contributed by atoms with Gasteiger partial charge in [0.25, 0.3) is 5.91 Å². The average molecular weight is 420 g/mol. The maximum absolute atomic E-state index is 12.2. The lowest BCUT2D eigenvalue weighted by molar-refractivity contribution is 0.0953. The minimum Gasteiger partial charge on any atom is -0.352 e. The molecule has 3 atom stereocenters. The maximum Gasteiger partial charge on any atom is 0.251 e. The molecule has 1 aromatic carbocycles. The third-order valence-electron chi connectivity index (χ3n) is 5.06. The zero-order valence-electron chi connectivity index (χ0n) is 14.3. The highest BCUT2D eigenvalue weighted by molar-refractivity contribution is 7.90. The predicted molar refractivity (Wildman–Crippen MR) is 103 cm³/mol. The normalized spacial score (nSPS) is 27.1. The van der Waals surface area contributed by atoms with Crippen LogP contribution in [0.25, 0.3) is 0 Å². The van der Waals surface area contributed by atoms with Crippen molar-refractivity contribution in [3.63, 3.8) is 0 Å². The summed E-state index contributed by atoms with van der Waals surface area (Å²) in [5.41, 5.74) is 0.459. The Morgan fingerprint density at radius 3 is 2.69 bits per heavy atom. The maximum atomic E-state index is 12.2. The van der Waals surface area contributed by atoms with Crippen LogP contribution in [0.5, 0.6) is 0 Å². The van der Waals surface area contributed by atoms with Gasteiger partial charge in [0.05, 0.1) is 21.5 Å². The van der Waals surface area contributed by atoms with Crippen LogP contribution in [0, 0.1) is 5.92 Å². The lowest BCUT2D eigenvalue weighted by Gasteiger charge is -2.26. The fourth-order valence-corrected chi connectivity index (χ4v) is 6.04. The van der Waals surface area contributed by atoms with Crippen molar-refractivity contribution in [2.45, 2.75) is 43.5 Å². The number of sulfonamides is 1. The second-order valence-electron chi connectivity index (χ2n) is 6.82. The van der Waals surface area contributed by atoms with Crippen molar-refractivity contribution in [1.82, 2.24) is 15.4 Å². The van der Waals surface area contributed by atoms with Crippen molar-refractivity contribution in [3.05, 3.63) is 33.8 Å². The van der Waals surface area contributed by atoms with E-state index in [1.165, 1.54) is 6.07 Å². The molecule has 1 aromatic rings. The van der Waals surface area contributed by atoms with Gasteiger partial charge in [-0.25, -0.2) is 8.42 Å². The third-order valence-corrected chi connectivity index (χ3v) is 7.76. The molecule has 2 fully saturated rings. The predicted octanol–water partition coefficient (Wildman–Crippen LogP) is 2.52. The fraction of sp³-hybridized carbons (Fsp3) is 0.588. The zero-order valence-corrected chi connectivity index (χ0v) is 16.6. The third kappa shape index (κ3) is 4.51. The Labute approximate surface area is 164 Å². The second kappa shape index (κ2) is 8.44. The highest BCUT2D eigenvalue weighted by Gasteiger charge is 2.47. The Kier molecular flexibility index (Phi) is 6.45. The Balaban J connectivity index is 1.41. The van der Waals surface area contributed by atoms with Crippen LogP contribution < -0.4 is 15.4 Å². The molecular formula is C17H23Cl2N3O3S. The molecule has 1 saturated heterocycles. The van der Waals surface area contributed by atoms with Gasteiger partial charge in [-0.05, 0) is 44.0 Å². The van der Waals surface area contributed by atoms with E-state index in [0.717, 1.165) is 25.7 Å². The molecule has 1 amide bonds. The molecule has 9 heteroatoms. The van der Waals surface area contributed by atoms with E-state index in [1.54, 1.807) is 12.1 Å². The molecule has 2 aliphatic rings. The summed E-state index contributed by atoms with van der Waals surface area (Å²) in [5, 5.41) is 6.60. The van der Waals surface area contributed by atoms with Gasteiger partial charge < -0.3 is 10.6 Å². The van der Waals surface area contributed by atoms with Crippen molar-refractivity contribution < 1.29 is 13.2 Å². The minimum absolute atomic E-state index is 0.138. The first-order valence-electron chi connectivity index (χ1n) is 8.86. The summed E-state index contributed by atoms with van der Waals surface area (Å²) >= 11 is 11.8. The Morgan fingerprint density at radius 1 is 1.15 bits per heavy atom. The molecule has 144 valence electrons. The SMILES string of the molecule is O=C(NCCCNC1NS(=O)(=O)C2CCCCC12)c1ccc(Cl)c(Cl)c1. The summed E-state index contributed by atoms with van der Waals surface area (Å²) in [6, 6.07) is 4.75. The topological polar surface area (TPSA) is 87.3 Å². The van der Waals surface area contributed by atoms with Crippen LogP contribution >= 0.6 is 23.2 Å². The molecule has 6 nitrogen and oxygen atoms in total. The van der Waals surface area contributed by atoms with Crippen LogP contribution in [-0.2, 0) is 10.0 Å². The van der Waals surface area contributed by atoms with E-state index >= 15 is 0 Å². The van der Waals surface area contributed by atoms with E-state index in [0.29, 0.717) is 35.1 Å². The first kappa shape index (κ1) is 19.9. The van der Waals surface area contributed by atoms with Crippen molar-refractivity contribution >= 4 is 39.1 Å². The van der Waals surface area contributed by atoms with Crippen LogP contribution in [0.15, 0.2) is 18.2 Å². The fourth-order valence-electron chi connectivity index (χ4n) is 3.72. The summed E-state index contributed by atoms with van der Waals surface area (Å²) < 4.78 is 27.1. The van der Waals surface area contributed by atoms with E-state index in [-0.39, 0.29) is 23.2 Å². The molecule has 3 N–H and O–H groups in total. The monoisotopic (exact) mass is 419 g/mol. The Bertz CT molecular complexity index is 773. The Morgan fingerprint density at radius 2 is 1.92 bits per heavy atom. The number of hydrogen-bond acceptors (Lipinski definition) is 4. The Hall–Kier alpha value is -0.860. The van der Waals surface area contributed by atoms with Gasteiger partial charge in [0.1, 0.15) is 0 Å². The summed E-state index contributed by atoms with van der Waals surface area (Å²) in [7, 11) is -3.20. The van der Waals surface area contributed by atoms with Gasteiger partial charge in [0.15, 0.2) is 0 Å². The lowest BCUT2D eigenvalue weighted by atomic mass is 9.87. The lowest BCUT2D eigenvalue weighted by Crippen LogP contribution is -2.44. The molecule has 0 aromatic heterocycles. The molecule has 1 saturated carbocycles. The standard InChI is InChI=1S/C17H23Cl2N3O3S/c18-13-7-6-11(10-14(13)19)17(23)21-9-3-8-20-16-12-4-1-2-5-15(12)26(24,25)22-16/h6-7,10,12,15-16,20,22H,1-5,8-9H2,(H,21,23). The molecule has 1 heterocycles. The van der Waals surface area contributed by atoms with E-state index < -0.39 is 10.0 Å². The average Bonchev–Trinajstić information content (AvgIpc) is 2.88. The van der Waals surface area contributed by atoms with Crippen LogP contribution in [0.1, 0.15) is 42.5 Å². The van der Waals surface area contributed by atoms with Gasteiger partial charge in [-0.3, -0.25) is 4.79 Å². The number of halogens is 2. The van der Waals surface area contributed by atoms with Gasteiger partial charge in [0, 0.05) is 18.0 Å². The van der Waals surface area contributed by atoms with Crippen LogP contribution in [0.4, 0.5) is 0 Å². The molecule has 0 radical (unpaired) electrons. The number of carbonyl (C=O) groups excluding carboxylic acids is 1. The number of fused-ring (bicyclic) bond motifs is 1. The van der Waals surface area contributed by atoms with Gasteiger partial charge in [-0.1, -0.05) is 36.0 Å². The van der Waals surface area contributed by atoms with Crippen molar-refractivity contribution in [2.24, 2.45) is 5.92 Å². The van der Waals surface area contributed by atoms with Crippen molar-refractivity contribution in [2.75, 3.05) is 13.1 Å². The first-order valence-corrected chi connectivity index (χ1v) is 11.2. The van der Waals surface area contributed by atoms with Crippen molar-refractivity contribution in [3.8, 4) is 0 Å². The molecule has 0 spiro atoms. The molecule has 3 unspecified atom stereocenters. The van der Waals surface area contributed by atoms with Crippen molar-refractivity contribution in [1.29, 1.82) is 0 Å². The van der Waals surface area contributed by atoms with Crippen LogP contribution in [0.2, 0.25) is 10.0 Å². The number of carbonyl (C=O) groups is 1. The number of hydrogen-bond donors (Lipinski definition) is 3. The van der Waals surface area contributed by atoms with Crippen LogP contribution in [-0.4, -0.2) is 38.8 Å². The minimum atomic E-state index is -3.20. The van der Waals surface area contributed by atoms with E-state index in [1.807, 2.05) is 0 Å². The highest BCUT2D eigenvalue weighted by atomic mass is 35.5. The van der Waals surface area contributed by atoms with Gasteiger partial charge in [0.2, 0.25) is 10.0 Å². The smallest absolute Gasteiger partial charge is 0.251 e. The van der Waals surface area contributed by atoms with E-state index in [2.05, 4.69) is 15.4 Å².